The van der Waals surface area contributed by atoms with Crippen LogP contribution in [0.3, 0.4) is 0 Å². The Morgan fingerprint density at radius 3 is 2.47 bits per heavy atom. The first-order valence-electron chi connectivity index (χ1n) is 10.4. The van der Waals surface area contributed by atoms with Crippen molar-refractivity contribution in [1.82, 2.24) is 14.7 Å². The minimum absolute atomic E-state index is 0.0232. The van der Waals surface area contributed by atoms with Crippen LogP contribution in [0.2, 0.25) is 0 Å². The minimum atomic E-state index is -0.0232. The first kappa shape index (κ1) is 20.2. The van der Waals surface area contributed by atoms with E-state index in [1.807, 2.05) is 41.4 Å². The van der Waals surface area contributed by atoms with Crippen molar-refractivity contribution in [2.45, 2.75) is 25.4 Å². The molecule has 1 amide bonds. The highest BCUT2D eigenvalue weighted by Crippen LogP contribution is 2.18. The van der Waals surface area contributed by atoms with E-state index in [-0.39, 0.29) is 12.0 Å². The molecular formula is C24H27N3O3. The van der Waals surface area contributed by atoms with E-state index in [1.165, 1.54) is 5.56 Å². The number of hydrogen-bond donors (Lipinski definition) is 0. The molecule has 3 aromatic rings. The van der Waals surface area contributed by atoms with Crippen molar-refractivity contribution in [2.24, 2.45) is 0 Å². The van der Waals surface area contributed by atoms with Gasteiger partial charge in [0.1, 0.15) is 5.75 Å². The van der Waals surface area contributed by atoms with Gasteiger partial charge in [-0.2, -0.15) is 5.10 Å². The second kappa shape index (κ2) is 9.59. The van der Waals surface area contributed by atoms with E-state index in [4.69, 9.17) is 9.47 Å². The number of nitrogens with zero attached hydrogens (tertiary/aromatic N) is 3. The maximum absolute atomic E-state index is 12.8. The summed E-state index contributed by atoms with van der Waals surface area (Å²) in [6.45, 7) is 2.11. The number of methoxy groups -OCH3 is 1. The summed E-state index contributed by atoms with van der Waals surface area (Å²) in [7, 11) is 1.64. The van der Waals surface area contributed by atoms with Gasteiger partial charge in [-0.15, -0.1) is 0 Å². The van der Waals surface area contributed by atoms with Gasteiger partial charge in [-0.3, -0.25) is 4.79 Å². The van der Waals surface area contributed by atoms with Gasteiger partial charge in [-0.1, -0.05) is 30.3 Å². The normalized spacial score (nSPS) is 14.6. The summed E-state index contributed by atoms with van der Waals surface area (Å²) in [5.41, 5.74) is 2.65. The van der Waals surface area contributed by atoms with E-state index in [0.29, 0.717) is 18.8 Å². The Labute approximate surface area is 177 Å². The molecular weight excluding hydrogens is 378 g/mol. The molecule has 2 heterocycles. The molecule has 1 aliphatic rings. The third kappa shape index (κ3) is 4.89. The lowest BCUT2D eigenvalue weighted by Gasteiger charge is -2.31. The summed E-state index contributed by atoms with van der Waals surface area (Å²) >= 11 is 0. The number of ether oxygens (including phenoxy) is 2. The Morgan fingerprint density at radius 1 is 1.03 bits per heavy atom. The van der Waals surface area contributed by atoms with Crippen LogP contribution in [0.4, 0.5) is 0 Å². The van der Waals surface area contributed by atoms with Crippen LogP contribution >= 0.6 is 0 Å². The number of piperidine rings is 1. The number of carbonyl (C=O) groups is 1. The maximum Gasteiger partial charge on any atom is 0.274 e. The maximum atomic E-state index is 12.8. The van der Waals surface area contributed by atoms with Crippen molar-refractivity contribution in [3.8, 4) is 11.4 Å². The third-order valence-electron chi connectivity index (χ3n) is 5.46. The Hall–Kier alpha value is -3.12. The van der Waals surface area contributed by atoms with Crippen LogP contribution in [-0.2, 0) is 11.2 Å². The number of aromatic nitrogens is 2. The van der Waals surface area contributed by atoms with Crippen molar-refractivity contribution in [2.75, 3.05) is 26.8 Å². The van der Waals surface area contributed by atoms with E-state index < -0.39 is 0 Å². The molecule has 0 spiro atoms. The number of benzene rings is 2. The molecule has 156 valence electrons. The SMILES string of the molecule is COc1ccc(-n2ccc(C(=O)N3CCC(OCCc4ccccc4)CC3)n2)cc1. The molecule has 4 rings (SSSR count). The van der Waals surface area contributed by atoms with Gasteiger partial charge in [0.15, 0.2) is 5.69 Å². The van der Waals surface area contributed by atoms with E-state index in [0.717, 1.165) is 37.3 Å². The lowest BCUT2D eigenvalue weighted by Crippen LogP contribution is -2.41. The number of hydrogen-bond acceptors (Lipinski definition) is 4. The molecule has 0 N–H and O–H groups in total. The molecule has 0 bridgehead atoms. The molecule has 30 heavy (non-hydrogen) atoms. The molecule has 0 saturated carbocycles. The Morgan fingerprint density at radius 2 is 1.77 bits per heavy atom. The van der Waals surface area contributed by atoms with E-state index in [9.17, 15) is 4.79 Å². The third-order valence-corrected chi connectivity index (χ3v) is 5.46. The standard InChI is InChI=1S/C24H27N3O3/c1-29-21-9-7-20(8-10-21)27-17-13-23(25-27)24(28)26-15-11-22(12-16-26)30-18-14-19-5-3-2-4-6-19/h2-10,13,17,22H,11-12,14-16,18H2,1H3. The zero-order valence-corrected chi connectivity index (χ0v) is 17.2. The second-order valence-electron chi connectivity index (χ2n) is 7.44. The number of amides is 1. The van der Waals surface area contributed by atoms with Crippen LogP contribution in [0.15, 0.2) is 66.9 Å². The van der Waals surface area contributed by atoms with Crippen LogP contribution < -0.4 is 4.74 Å². The Kier molecular flexibility index (Phi) is 6.44. The smallest absolute Gasteiger partial charge is 0.274 e. The fraction of sp³-hybridized carbons (Fsp3) is 0.333. The van der Waals surface area contributed by atoms with Gasteiger partial charge in [0, 0.05) is 19.3 Å². The highest BCUT2D eigenvalue weighted by atomic mass is 16.5. The number of likely N-dealkylation sites (tertiary alicyclic amines) is 1. The largest absolute Gasteiger partial charge is 0.497 e. The topological polar surface area (TPSA) is 56.6 Å². The lowest BCUT2D eigenvalue weighted by atomic mass is 10.1. The van der Waals surface area contributed by atoms with Crippen molar-refractivity contribution in [1.29, 1.82) is 0 Å². The first-order valence-corrected chi connectivity index (χ1v) is 10.4. The molecule has 0 radical (unpaired) electrons. The first-order chi connectivity index (χ1) is 14.7. The Balaban J connectivity index is 1.26. The van der Waals surface area contributed by atoms with Crippen LogP contribution in [0.1, 0.15) is 28.9 Å². The summed E-state index contributed by atoms with van der Waals surface area (Å²) in [6.07, 6.45) is 4.67. The van der Waals surface area contributed by atoms with Crippen LogP contribution in [0, 0.1) is 0 Å². The molecule has 1 aromatic heterocycles. The molecule has 1 aliphatic heterocycles. The molecule has 6 heteroatoms. The molecule has 6 nitrogen and oxygen atoms in total. The number of rotatable bonds is 7. The van der Waals surface area contributed by atoms with E-state index >= 15 is 0 Å². The zero-order valence-electron chi connectivity index (χ0n) is 17.2. The average molecular weight is 405 g/mol. The molecule has 2 aromatic carbocycles. The monoisotopic (exact) mass is 405 g/mol. The second-order valence-corrected chi connectivity index (χ2v) is 7.44. The zero-order chi connectivity index (χ0) is 20.8. The van der Waals surface area contributed by atoms with Gasteiger partial charge in [0.2, 0.25) is 0 Å². The van der Waals surface area contributed by atoms with Gasteiger partial charge in [0.25, 0.3) is 5.91 Å². The molecule has 0 aliphatic carbocycles. The quantitative estimate of drug-likeness (QED) is 0.601. The van der Waals surface area contributed by atoms with Crippen LogP contribution in [0.25, 0.3) is 5.69 Å². The fourth-order valence-electron chi connectivity index (χ4n) is 3.69. The summed E-state index contributed by atoms with van der Waals surface area (Å²) in [5, 5.41) is 4.47. The highest BCUT2D eigenvalue weighted by molar-refractivity contribution is 5.92. The van der Waals surface area contributed by atoms with Crippen LogP contribution in [0.5, 0.6) is 5.75 Å². The van der Waals surface area contributed by atoms with Crippen LogP contribution in [-0.4, -0.2) is 53.5 Å². The summed E-state index contributed by atoms with van der Waals surface area (Å²) in [5.74, 6) is 0.765. The predicted octanol–water partition coefficient (Wildman–Crippen LogP) is 3.74. The summed E-state index contributed by atoms with van der Waals surface area (Å²) < 4.78 is 12.9. The molecule has 1 saturated heterocycles. The van der Waals surface area contributed by atoms with E-state index in [1.54, 1.807) is 17.9 Å². The van der Waals surface area contributed by atoms with Gasteiger partial charge in [-0.05, 0) is 55.2 Å². The van der Waals surface area contributed by atoms with Gasteiger partial charge in [0.05, 0.1) is 25.5 Å². The van der Waals surface area contributed by atoms with Crippen molar-refractivity contribution in [3.05, 3.63) is 78.1 Å². The van der Waals surface area contributed by atoms with E-state index in [2.05, 4.69) is 29.4 Å². The molecule has 0 unspecified atom stereocenters. The van der Waals surface area contributed by atoms with Crippen molar-refractivity contribution >= 4 is 5.91 Å². The fourth-order valence-corrected chi connectivity index (χ4v) is 3.69. The average Bonchev–Trinajstić information content (AvgIpc) is 3.30. The lowest BCUT2D eigenvalue weighted by molar-refractivity contribution is 0.00987. The summed E-state index contributed by atoms with van der Waals surface area (Å²) in [4.78, 5) is 14.7. The summed E-state index contributed by atoms with van der Waals surface area (Å²) in [6, 6.07) is 19.7. The molecule has 1 fully saturated rings. The Bertz CT molecular complexity index is 945. The molecule has 0 atom stereocenters. The minimum Gasteiger partial charge on any atom is -0.497 e. The van der Waals surface area contributed by atoms with Gasteiger partial charge < -0.3 is 14.4 Å². The highest BCUT2D eigenvalue weighted by Gasteiger charge is 2.25. The predicted molar refractivity (Wildman–Crippen MR) is 115 cm³/mol. The van der Waals surface area contributed by atoms with Crippen molar-refractivity contribution in [3.63, 3.8) is 0 Å². The van der Waals surface area contributed by atoms with Crippen molar-refractivity contribution < 1.29 is 14.3 Å². The van der Waals surface area contributed by atoms with Gasteiger partial charge >= 0.3 is 0 Å². The number of carbonyl (C=O) groups excluding carboxylic acids is 1. The van der Waals surface area contributed by atoms with Gasteiger partial charge in [-0.25, -0.2) is 4.68 Å².